The summed E-state index contributed by atoms with van der Waals surface area (Å²) in [4.78, 5) is 17.7. The molecule has 0 aliphatic carbocycles. The van der Waals surface area contributed by atoms with Gasteiger partial charge in [-0.1, -0.05) is 29.8 Å². The lowest BCUT2D eigenvalue weighted by Crippen LogP contribution is -2.43. The fourth-order valence-corrected chi connectivity index (χ4v) is 2.89. The quantitative estimate of drug-likeness (QED) is 0.561. The van der Waals surface area contributed by atoms with Gasteiger partial charge in [-0.3, -0.25) is 4.79 Å². The Morgan fingerprint density at radius 2 is 2.12 bits per heavy atom. The maximum atomic E-state index is 11.8. The van der Waals surface area contributed by atoms with E-state index in [4.69, 9.17) is 16.3 Å². The Morgan fingerprint density at radius 3 is 2.81 bits per heavy atom. The Balaban J connectivity index is 1.87. The largest absolute Gasteiger partial charge is 0.376 e. The Hall–Kier alpha value is -1.79. The average Bonchev–Trinajstić information content (AvgIpc) is 2.65. The second-order valence-electron chi connectivity index (χ2n) is 6.59. The zero-order chi connectivity index (χ0) is 18.8. The fraction of sp³-hybridized carbons (Fsp3) is 0.579. The van der Waals surface area contributed by atoms with Gasteiger partial charge in [0.2, 0.25) is 5.91 Å². The minimum atomic E-state index is -0.0360. The Labute approximate surface area is 161 Å². The first kappa shape index (κ1) is 20.5. The summed E-state index contributed by atoms with van der Waals surface area (Å²) >= 11 is 6.20. The molecule has 0 saturated carbocycles. The number of likely N-dealkylation sites (N-methyl/N-ethyl adjacent to an activating group) is 1. The van der Waals surface area contributed by atoms with Gasteiger partial charge in [0, 0.05) is 38.8 Å². The first-order valence-electron chi connectivity index (χ1n) is 9.13. The third-order valence-electron chi connectivity index (χ3n) is 4.29. The Kier molecular flexibility index (Phi) is 8.71. The number of nitrogens with zero attached hydrogens (tertiary/aromatic N) is 2. The number of carbonyl (C=O) groups excluding carboxylic acids is 1. The van der Waals surface area contributed by atoms with Crippen molar-refractivity contribution < 1.29 is 9.53 Å². The highest BCUT2D eigenvalue weighted by Gasteiger charge is 2.14. The van der Waals surface area contributed by atoms with Gasteiger partial charge in [-0.05, 0) is 37.3 Å². The molecule has 1 aromatic carbocycles. The number of carbonyl (C=O) groups is 1. The number of amides is 1. The van der Waals surface area contributed by atoms with Crippen LogP contribution in [0.4, 0.5) is 0 Å². The molecule has 7 heteroatoms. The van der Waals surface area contributed by atoms with E-state index in [-0.39, 0.29) is 18.6 Å². The minimum absolute atomic E-state index is 0.0360. The topological polar surface area (TPSA) is 66.0 Å². The van der Waals surface area contributed by atoms with Crippen molar-refractivity contribution >= 4 is 23.5 Å². The summed E-state index contributed by atoms with van der Waals surface area (Å²) in [6, 6.07) is 7.80. The van der Waals surface area contributed by atoms with Crippen molar-refractivity contribution in [3.8, 4) is 0 Å². The molecular formula is C19H29ClN4O2. The second-order valence-corrected chi connectivity index (χ2v) is 7.00. The molecule has 26 heavy (non-hydrogen) atoms. The van der Waals surface area contributed by atoms with Crippen molar-refractivity contribution in [1.82, 2.24) is 15.5 Å². The highest BCUT2D eigenvalue weighted by Crippen LogP contribution is 2.15. The lowest BCUT2D eigenvalue weighted by atomic mass is 10.1. The first-order chi connectivity index (χ1) is 12.6. The van der Waals surface area contributed by atoms with Gasteiger partial charge in [-0.15, -0.1) is 0 Å². The van der Waals surface area contributed by atoms with Crippen LogP contribution in [-0.4, -0.2) is 63.2 Å². The van der Waals surface area contributed by atoms with Gasteiger partial charge in [0.1, 0.15) is 6.54 Å². The number of ether oxygens (including phenoxy) is 1. The van der Waals surface area contributed by atoms with Gasteiger partial charge < -0.3 is 20.3 Å². The molecule has 144 valence electrons. The molecule has 2 rings (SSSR count). The lowest BCUT2D eigenvalue weighted by molar-refractivity contribution is -0.127. The summed E-state index contributed by atoms with van der Waals surface area (Å²) in [7, 11) is 3.46. The highest BCUT2D eigenvalue weighted by molar-refractivity contribution is 6.31. The SMILES string of the molecule is CN(C)C(=O)CN=C(NCCc1ccccc1Cl)NCC1CCCCO1. The summed E-state index contributed by atoms with van der Waals surface area (Å²) in [5.41, 5.74) is 1.08. The smallest absolute Gasteiger partial charge is 0.243 e. The minimum Gasteiger partial charge on any atom is -0.376 e. The summed E-state index contributed by atoms with van der Waals surface area (Å²) in [6.07, 6.45) is 4.35. The lowest BCUT2D eigenvalue weighted by Gasteiger charge is -2.24. The molecule has 1 fully saturated rings. The maximum Gasteiger partial charge on any atom is 0.243 e. The van der Waals surface area contributed by atoms with Crippen LogP contribution < -0.4 is 10.6 Å². The van der Waals surface area contributed by atoms with E-state index in [2.05, 4.69) is 15.6 Å². The first-order valence-corrected chi connectivity index (χ1v) is 9.51. The Bertz CT molecular complexity index is 601. The van der Waals surface area contributed by atoms with E-state index in [9.17, 15) is 4.79 Å². The number of nitrogens with one attached hydrogen (secondary N) is 2. The van der Waals surface area contributed by atoms with Gasteiger partial charge in [-0.25, -0.2) is 4.99 Å². The van der Waals surface area contributed by atoms with Crippen LogP contribution in [0.3, 0.4) is 0 Å². The number of benzene rings is 1. The zero-order valence-electron chi connectivity index (χ0n) is 15.6. The normalized spacial score (nSPS) is 17.7. The van der Waals surface area contributed by atoms with Crippen molar-refractivity contribution in [1.29, 1.82) is 0 Å². The summed E-state index contributed by atoms with van der Waals surface area (Å²) in [5.74, 6) is 0.590. The molecule has 1 aliphatic heterocycles. The van der Waals surface area contributed by atoms with Crippen LogP contribution in [0.25, 0.3) is 0 Å². The molecule has 1 atom stereocenters. The molecule has 1 aliphatic rings. The van der Waals surface area contributed by atoms with Crippen LogP contribution in [0.1, 0.15) is 24.8 Å². The van der Waals surface area contributed by atoms with E-state index in [1.54, 1.807) is 14.1 Å². The summed E-state index contributed by atoms with van der Waals surface area (Å²) < 4.78 is 5.74. The fourth-order valence-electron chi connectivity index (χ4n) is 2.66. The molecular weight excluding hydrogens is 352 g/mol. The van der Waals surface area contributed by atoms with E-state index in [1.807, 2.05) is 24.3 Å². The van der Waals surface area contributed by atoms with Crippen LogP contribution in [0, 0.1) is 0 Å². The predicted molar refractivity (Wildman–Crippen MR) is 106 cm³/mol. The third-order valence-corrected chi connectivity index (χ3v) is 4.66. The predicted octanol–water partition coefficient (Wildman–Crippen LogP) is 2.07. The molecule has 0 radical (unpaired) electrons. The maximum absolute atomic E-state index is 11.8. The van der Waals surface area contributed by atoms with Crippen LogP contribution in [-0.2, 0) is 16.0 Å². The number of hydrogen-bond acceptors (Lipinski definition) is 3. The van der Waals surface area contributed by atoms with E-state index in [0.29, 0.717) is 19.0 Å². The molecule has 1 saturated heterocycles. The van der Waals surface area contributed by atoms with E-state index in [1.165, 1.54) is 11.3 Å². The van der Waals surface area contributed by atoms with E-state index < -0.39 is 0 Å². The van der Waals surface area contributed by atoms with Gasteiger partial charge in [0.05, 0.1) is 6.10 Å². The molecule has 0 bridgehead atoms. The molecule has 2 N–H and O–H groups in total. The number of rotatable bonds is 7. The second kappa shape index (κ2) is 11.0. The zero-order valence-corrected chi connectivity index (χ0v) is 16.4. The molecule has 0 spiro atoms. The standard InChI is InChI=1S/C19H29ClN4O2/c1-24(2)18(25)14-23-19(22-13-16-8-5-6-12-26-16)21-11-10-15-7-3-4-9-17(15)20/h3-4,7,9,16H,5-6,8,10-14H2,1-2H3,(H2,21,22,23). The Morgan fingerprint density at radius 1 is 1.31 bits per heavy atom. The number of hydrogen-bond donors (Lipinski definition) is 2. The molecule has 1 heterocycles. The number of guanidine groups is 1. The van der Waals surface area contributed by atoms with Gasteiger partial charge in [0.25, 0.3) is 0 Å². The van der Waals surface area contributed by atoms with E-state index in [0.717, 1.165) is 36.5 Å². The van der Waals surface area contributed by atoms with E-state index >= 15 is 0 Å². The summed E-state index contributed by atoms with van der Waals surface area (Å²) in [6.45, 7) is 2.29. The average molecular weight is 381 g/mol. The van der Waals surface area contributed by atoms with Crippen molar-refractivity contribution in [2.24, 2.45) is 4.99 Å². The molecule has 0 aromatic heterocycles. The van der Waals surface area contributed by atoms with Crippen molar-refractivity contribution in [3.05, 3.63) is 34.9 Å². The van der Waals surface area contributed by atoms with Crippen LogP contribution >= 0.6 is 11.6 Å². The van der Waals surface area contributed by atoms with Gasteiger partial charge in [0.15, 0.2) is 5.96 Å². The van der Waals surface area contributed by atoms with Gasteiger partial charge >= 0.3 is 0 Å². The monoisotopic (exact) mass is 380 g/mol. The molecule has 1 aromatic rings. The van der Waals surface area contributed by atoms with Crippen LogP contribution in [0.5, 0.6) is 0 Å². The molecule has 6 nitrogen and oxygen atoms in total. The van der Waals surface area contributed by atoms with Crippen molar-refractivity contribution in [2.75, 3.05) is 40.3 Å². The highest BCUT2D eigenvalue weighted by atomic mass is 35.5. The molecule has 1 amide bonds. The number of aliphatic imine (C=N–C) groups is 1. The van der Waals surface area contributed by atoms with Crippen molar-refractivity contribution in [2.45, 2.75) is 31.8 Å². The van der Waals surface area contributed by atoms with Crippen LogP contribution in [0.15, 0.2) is 29.3 Å². The number of halogens is 1. The molecule has 1 unspecified atom stereocenters. The van der Waals surface area contributed by atoms with Crippen molar-refractivity contribution in [3.63, 3.8) is 0 Å². The summed E-state index contributed by atoms with van der Waals surface area (Å²) in [5, 5.41) is 7.34. The van der Waals surface area contributed by atoms with Crippen LogP contribution in [0.2, 0.25) is 5.02 Å². The third kappa shape index (κ3) is 7.22. The van der Waals surface area contributed by atoms with Gasteiger partial charge in [-0.2, -0.15) is 0 Å².